The molecule has 1 aliphatic carbocycles. The van der Waals surface area contributed by atoms with Crippen molar-refractivity contribution in [1.29, 1.82) is 0 Å². The van der Waals surface area contributed by atoms with Gasteiger partial charge in [0.25, 0.3) is 0 Å². The number of carbonyl (C=O) groups is 1. The molecule has 1 saturated heterocycles. The van der Waals surface area contributed by atoms with Gasteiger partial charge in [0.2, 0.25) is 5.91 Å². The molecule has 2 fully saturated rings. The molecule has 172 valence electrons. The maximum Gasteiger partial charge on any atom is 0.230 e. The molecule has 1 amide bonds. The summed E-state index contributed by atoms with van der Waals surface area (Å²) in [5.41, 5.74) is 1.11. The molecule has 2 N–H and O–H groups in total. The maximum atomic E-state index is 12.7. The Kier molecular flexibility index (Phi) is 8.72. The van der Waals surface area contributed by atoms with Gasteiger partial charge in [0.05, 0.1) is 5.41 Å². The van der Waals surface area contributed by atoms with Gasteiger partial charge in [0.15, 0.2) is 5.96 Å². The van der Waals surface area contributed by atoms with E-state index in [1.165, 1.54) is 5.56 Å². The number of aliphatic imine (C=N–C) groups is 1. The van der Waals surface area contributed by atoms with Crippen LogP contribution in [0.1, 0.15) is 31.2 Å². The highest BCUT2D eigenvalue weighted by molar-refractivity contribution is 5.85. The number of nitrogens with one attached hydrogen (secondary N) is 2. The first kappa shape index (κ1) is 23.5. The number of rotatable bonds is 8. The molecule has 7 heteroatoms. The van der Waals surface area contributed by atoms with Crippen molar-refractivity contribution in [1.82, 2.24) is 25.3 Å². The zero-order valence-corrected chi connectivity index (χ0v) is 19.6. The third kappa shape index (κ3) is 6.68. The topological polar surface area (TPSA) is 63.2 Å². The lowest BCUT2D eigenvalue weighted by atomic mass is 9.84. The van der Waals surface area contributed by atoms with E-state index in [9.17, 15) is 4.79 Å². The summed E-state index contributed by atoms with van der Waals surface area (Å²) in [6.07, 6.45) is 4.18. The lowest BCUT2D eigenvalue weighted by Gasteiger charge is -2.35. The number of guanidine groups is 1. The Morgan fingerprint density at radius 1 is 1.03 bits per heavy atom. The number of benzene rings is 1. The second-order valence-electron chi connectivity index (χ2n) is 9.14. The minimum absolute atomic E-state index is 0.237. The fourth-order valence-electron chi connectivity index (χ4n) is 4.81. The number of nitrogens with zero attached hydrogens (tertiary/aromatic N) is 4. The Balaban J connectivity index is 1.36. The van der Waals surface area contributed by atoms with Crippen molar-refractivity contribution in [3.8, 4) is 0 Å². The van der Waals surface area contributed by atoms with Crippen LogP contribution in [0.25, 0.3) is 0 Å². The Labute approximate surface area is 187 Å². The second kappa shape index (κ2) is 11.5. The summed E-state index contributed by atoms with van der Waals surface area (Å²) in [5.74, 6) is 1.03. The lowest BCUT2D eigenvalue weighted by molar-refractivity contribution is -0.138. The summed E-state index contributed by atoms with van der Waals surface area (Å²) < 4.78 is 0. The number of hydrogen-bond donors (Lipinski definition) is 2. The largest absolute Gasteiger partial charge is 0.355 e. The van der Waals surface area contributed by atoms with E-state index in [1.54, 1.807) is 11.9 Å². The predicted octanol–water partition coefficient (Wildman–Crippen LogP) is 1.62. The van der Waals surface area contributed by atoms with Gasteiger partial charge in [-0.2, -0.15) is 0 Å². The number of amides is 1. The van der Waals surface area contributed by atoms with Gasteiger partial charge in [0, 0.05) is 73.5 Å². The molecule has 3 rings (SSSR count). The van der Waals surface area contributed by atoms with Crippen molar-refractivity contribution in [2.45, 2.75) is 32.2 Å². The zero-order valence-electron chi connectivity index (χ0n) is 19.6. The highest BCUT2D eigenvalue weighted by Crippen LogP contribution is 2.38. The van der Waals surface area contributed by atoms with Crippen LogP contribution in [0.2, 0.25) is 0 Å². The molecule has 7 nitrogen and oxygen atoms in total. The standard InChI is InChI=1S/C24H40N6O/c1-25-23(27-20-24(11-7-8-12-24)22(31)28(2)3)26-13-14-29-15-17-30(18-16-29)19-21-9-5-4-6-10-21/h4-6,9-10H,7-8,11-20H2,1-3H3,(H2,25,26,27). The van der Waals surface area contributed by atoms with Gasteiger partial charge in [-0.3, -0.25) is 19.6 Å². The van der Waals surface area contributed by atoms with E-state index in [0.717, 1.165) is 77.5 Å². The highest BCUT2D eigenvalue weighted by atomic mass is 16.2. The molecule has 0 bridgehead atoms. The van der Waals surface area contributed by atoms with Gasteiger partial charge in [0.1, 0.15) is 0 Å². The Bertz CT molecular complexity index is 706. The van der Waals surface area contributed by atoms with Crippen molar-refractivity contribution in [2.75, 3.05) is 67.0 Å². The van der Waals surface area contributed by atoms with Crippen LogP contribution in [0.15, 0.2) is 35.3 Å². The number of piperazine rings is 1. The van der Waals surface area contributed by atoms with E-state index in [4.69, 9.17) is 0 Å². The molecule has 2 aliphatic rings. The third-order valence-corrected chi connectivity index (χ3v) is 6.67. The van der Waals surface area contributed by atoms with Crippen molar-refractivity contribution >= 4 is 11.9 Å². The van der Waals surface area contributed by atoms with E-state index in [-0.39, 0.29) is 11.3 Å². The van der Waals surface area contributed by atoms with E-state index in [1.807, 2.05) is 14.1 Å². The van der Waals surface area contributed by atoms with E-state index in [0.29, 0.717) is 6.54 Å². The van der Waals surface area contributed by atoms with Crippen LogP contribution in [0.3, 0.4) is 0 Å². The van der Waals surface area contributed by atoms with Gasteiger partial charge < -0.3 is 15.5 Å². The molecule has 0 spiro atoms. The minimum Gasteiger partial charge on any atom is -0.355 e. The summed E-state index contributed by atoms with van der Waals surface area (Å²) in [5, 5.41) is 6.86. The lowest BCUT2D eigenvalue weighted by Crippen LogP contribution is -2.51. The van der Waals surface area contributed by atoms with Crippen molar-refractivity contribution in [3.05, 3.63) is 35.9 Å². The first-order chi connectivity index (χ1) is 15.0. The van der Waals surface area contributed by atoms with Crippen LogP contribution in [0, 0.1) is 5.41 Å². The summed E-state index contributed by atoms with van der Waals surface area (Å²) in [6.45, 7) is 7.96. The van der Waals surface area contributed by atoms with Gasteiger partial charge in [-0.25, -0.2) is 0 Å². The van der Waals surface area contributed by atoms with E-state index >= 15 is 0 Å². The molecule has 1 aromatic carbocycles. The first-order valence-corrected chi connectivity index (χ1v) is 11.7. The van der Waals surface area contributed by atoms with Gasteiger partial charge in [-0.1, -0.05) is 43.2 Å². The summed E-state index contributed by atoms with van der Waals surface area (Å²) in [4.78, 5) is 23.9. The predicted molar refractivity (Wildman–Crippen MR) is 127 cm³/mol. The third-order valence-electron chi connectivity index (χ3n) is 6.67. The molecule has 1 aromatic rings. The molecule has 0 unspecified atom stereocenters. The number of carbonyl (C=O) groups excluding carboxylic acids is 1. The fourth-order valence-corrected chi connectivity index (χ4v) is 4.81. The molecule has 1 saturated carbocycles. The van der Waals surface area contributed by atoms with Crippen molar-refractivity contribution < 1.29 is 4.79 Å². The zero-order chi connectivity index (χ0) is 22.1. The smallest absolute Gasteiger partial charge is 0.230 e. The highest BCUT2D eigenvalue weighted by Gasteiger charge is 2.42. The van der Waals surface area contributed by atoms with Crippen LogP contribution in [-0.4, -0.2) is 93.5 Å². The molecule has 0 radical (unpaired) electrons. The Hall–Kier alpha value is -2.12. The molecule has 31 heavy (non-hydrogen) atoms. The fraction of sp³-hybridized carbons (Fsp3) is 0.667. The van der Waals surface area contributed by atoms with Gasteiger partial charge >= 0.3 is 0 Å². The van der Waals surface area contributed by atoms with Crippen molar-refractivity contribution in [3.63, 3.8) is 0 Å². The number of hydrogen-bond acceptors (Lipinski definition) is 4. The molecule has 0 aromatic heterocycles. The van der Waals surface area contributed by atoms with Crippen LogP contribution in [0.4, 0.5) is 0 Å². The first-order valence-electron chi connectivity index (χ1n) is 11.7. The molecule has 1 aliphatic heterocycles. The van der Waals surface area contributed by atoms with Gasteiger partial charge in [-0.15, -0.1) is 0 Å². The van der Waals surface area contributed by atoms with E-state index < -0.39 is 0 Å². The van der Waals surface area contributed by atoms with Gasteiger partial charge in [-0.05, 0) is 18.4 Å². The Morgan fingerprint density at radius 2 is 1.68 bits per heavy atom. The summed E-state index contributed by atoms with van der Waals surface area (Å²) in [7, 11) is 5.51. The molecular weight excluding hydrogens is 388 g/mol. The second-order valence-corrected chi connectivity index (χ2v) is 9.14. The monoisotopic (exact) mass is 428 g/mol. The molecule has 0 atom stereocenters. The summed E-state index contributed by atoms with van der Waals surface area (Å²) >= 11 is 0. The summed E-state index contributed by atoms with van der Waals surface area (Å²) in [6, 6.07) is 10.7. The normalized spacial score (nSPS) is 19.9. The molecule has 1 heterocycles. The average Bonchev–Trinajstić information content (AvgIpc) is 3.27. The minimum atomic E-state index is -0.282. The van der Waals surface area contributed by atoms with E-state index in [2.05, 4.69) is 55.8 Å². The Morgan fingerprint density at radius 3 is 2.29 bits per heavy atom. The van der Waals surface area contributed by atoms with Crippen LogP contribution >= 0.6 is 0 Å². The maximum absolute atomic E-state index is 12.7. The molecular formula is C24H40N6O. The van der Waals surface area contributed by atoms with Crippen LogP contribution in [0.5, 0.6) is 0 Å². The average molecular weight is 429 g/mol. The van der Waals surface area contributed by atoms with Crippen molar-refractivity contribution in [2.24, 2.45) is 10.4 Å². The van der Waals surface area contributed by atoms with Crippen LogP contribution in [-0.2, 0) is 11.3 Å². The quantitative estimate of drug-likeness (QED) is 0.487. The SMILES string of the molecule is CN=C(NCCN1CCN(Cc2ccccc2)CC1)NCC1(C(=O)N(C)C)CCCC1. The van der Waals surface area contributed by atoms with Crippen LogP contribution < -0.4 is 10.6 Å².